The van der Waals surface area contributed by atoms with Gasteiger partial charge in [-0.15, -0.1) is 0 Å². The molecule has 0 radical (unpaired) electrons. The highest BCUT2D eigenvalue weighted by Gasteiger charge is 2.20. The molecule has 1 aromatic rings. The van der Waals surface area contributed by atoms with Crippen LogP contribution in [0.25, 0.3) is 0 Å². The molecule has 1 amide bonds. The molecule has 1 rings (SSSR count). The number of rotatable bonds is 4. The zero-order chi connectivity index (χ0) is 16.2. The number of carbonyl (C=O) groups excluding carboxylic acids is 2. The number of carbonyl (C=O) groups is 3. The molecule has 114 valence electrons. The molecule has 7 nitrogen and oxygen atoms in total. The molecule has 21 heavy (non-hydrogen) atoms. The van der Waals surface area contributed by atoms with Gasteiger partial charge in [0.15, 0.2) is 0 Å². The van der Waals surface area contributed by atoms with Gasteiger partial charge in [0.2, 0.25) is 0 Å². The molecule has 0 spiro atoms. The van der Waals surface area contributed by atoms with Gasteiger partial charge in [-0.25, -0.2) is 9.59 Å². The quantitative estimate of drug-likeness (QED) is 0.652. The minimum Gasteiger partial charge on any atom is -0.495 e. The number of anilines is 1. The minimum atomic E-state index is -1.56. The molecule has 0 aliphatic rings. The van der Waals surface area contributed by atoms with Gasteiger partial charge < -0.3 is 14.6 Å². The van der Waals surface area contributed by atoms with E-state index in [0.717, 1.165) is 0 Å². The van der Waals surface area contributed by atoms with Crippen LogP contribution in [-0.2, 0) is 9.53 Å². The fourth-order valence-corrected chi connectivity index (χ4v) is 1.47. The van der Waals surface area contributed by atoms with Crippen LogP contribution < -0.4 is 10.1 Å². The number of benzene rings is 1. The van der Waals surface area contributed by atoms with Crippen molar-refractivity contribution in [2.75, 3.05) is 12.4 Å². The van der Waals surface area contributed by atoms with E-state index in [9.17, 15) is 14.4 Å². The van der Waals surface area contributed by atoms with E-state index in [4.69, 9.17) is 14.6 Å². The second-order valence-corrected chi connectivity index (χ2v) is 5.18. The van der Waals surface area contributed by atoms with Crippen LogP contribution in [0, 0.1) is 0 Å². The van der Waals surface area contributed by atoms with E-state index in [2.05, 4.69) is 5.32 Å². The summed E-state index contributed by atoms with van der Waals surface area (Å²) >= 11 is 0. The molecule has 2 N–H and O–H groups in total. The predicted octanol–water partition coefficient (Wildman–Crippen LogP) is 2.31. The van der Waals surface area contributed by atoms with Crippen molar-refractivity contribution in [3.05, 3.63) is 23.8 Å². The van der Waals surface area contributed by atoms with Crippen molar-refractivity contribution in [1.29, 1.82) is 0 Å². The lowest BCUT2D eigenvalue weighted by Crippen LogP contribution is -2.27. The molecule has 0 fully saturated rings. The molecule has 0 atom stereocenters. The summed E-state index contributed by atoms with van der Waals surface area (Å²) in [7, 11) is 1.34. The van der Waals surface area contributed by atoms with Crippen LogP contribution in [0.4, 0.5) is 10.5 Å². The van der Waals surface area contributed by atoms with Gasteiger partial charge in [-0.3, -0.25) is 10.1 Å². The van der Waals surface area contributed by atoms with Crippen molar-refractivity contribution in [3.63, 3.8) is 0 Å². The SMILES string of the molecule is COc1cc(C(=O)C(=O)O)ccc1NC(=O)OC(C)(C)C. The third kappa shape index (κ3) is 4.79. The van der Waals surface area contributed by atoms with Crippen LogP contribution in [0.5, 0.6) is 5.75 Å². The smallest absolute Gasteiger partial charge is 0.412 e. The van der Waals surface area contributed by atoms with E-state index in [1.54, 1.807) is 20.8 Å². The molecule has 0 aromatic heterocycles. The van der Waals surface area contributed by atoms with Crippen LogP contribution in [0.15, 0.2) is 18.2 Å². The highest BCUT2D eigenvalue weighted by Crippen LogP contribution is 2.26. The maximum atomic E-state index is 11.7. The standard InChI is InChI=1S/C14H17NO6/c1-14(2,3)21-13(19)15-9-6-5-8(7-10(9)20-4)11(16)12(17)18/h5-7H,1-4H3,(H,15,19)(H,17,18). The van der Waals surface area contributed by atoms with Gasteiger partial charge in [0.1, 0.15) is 11.4 Å². The molecule has 0 saturated carbocycles. The lowest BCUT2D eigenvalue weighted by Gasteiger charge is -2.20. The summed E-state index contributed by atoms with van der Waals surface area (Å²) in [6.45, 7) is 5.16. The highest BCUT2D eigenvalue weighted by atomic mass is 16.6. The zero-order valence-electron chi connectivity index (χ0n) is 12.2. The number of ether oxygens (including phenoxy) is 2. The molecule has 0 aliphatic heterocycles. The third-order valence-corrected chi connectivity index (χ3v) is 2.29. The molecule has 7 heteroatoms. The van der Waals surface area contributed by atoms with Gasteiger partial charge >= 0.3 is 12.1 Å². The number of amides is 1. The second kappa shape index (κ2) is 6.25. The van der Waals surface area contributed by atoms with E-state index < -0.39 is 23.4 Å². The second-order valence-electron chi connectivity index (χ2n) is 5.18. The summed E-state index contributed by atoms with van der Waals surface area (Å²) in [6.07, 6.45) is -0.682. The number of hydrogen-bond donors (Lipinski definition) is 2. The van der Waals surface area contributed by atoms with Crippen molar-refractivity contribution < 1.29 is 29.0 Å². The zero-order valence-corrected chi connectivity index (χ0v) is 12.2. The van der Waals surface area contributed by atoms with E-state index in [1.165, 1.54) is 25.3 Å². The number of carboxylic acids is 1. The Labute approximate surface area is 121 Å². The lowest BCUT2D eigenvalue weighted by atomic mass is 10.1. The summed E-state index contributed by atoms with van der Waals surface area (Å²) in [6, 6.07) is 3.90. The van der Waals surface area contributed by atoms with Crippen molar-refractivity contribution in [2.24, 2.45) is 0 Å². The summed E-state index contributed by atoms with van der Waals surface area (Å²) in [5.74, 6) is -2.46. The molecular weight excluding hydrogens is 278 g/mol. The van der Waals surface area contributed by atoms with Crippen LogP contribution >= 0.6 is 0 Å². The van der Waals surface area contributed by atoms with Crippen LogP contribution in [0.3, 0.4) is 0 Å². The number of carboxylic acid groups (broad SMARTS) is 1. The maximum Gasteiger partial charge on any atom is 0.412 e. The van der Waals surface area contributed by atoms with Crippen molar-refractivity contribution in [1.82, 2.24) is 0 Å². The topological polar surface area (TPSA) is 102 Å². The Morgan fingerprint density at radius 1 is 1.19 bits per heavy atom. The monoisotopic (exact) mass is 295 g/mol. The van der Waals surface area contributed by atoms with Gasteiger partial charge in [-0.2, -0.15) is 0 Å². The first kappa shape index (κ1) is 16.5. The van der Waals surface area contributed by atoms with E-state index in [1.807, 2.05) is 0 Å². The normalized spacial score (nSPS) is 10.7. The van der Waals surface area contributed by atoms with Crippen LogP contribution in [0.2, 0.25) is 0 Å². The number of nitrogens with one attached hydrogen (secondary N) is 1. The first-order valence-electron chi connectivity index (χ1n) is 6.09. The molecule has 0 aliphatic carbocycles. The Balaban J connectivity index is 2.97. The Morgan fingerprint density at radius 3 is 2.29 bits per heavy atom. The molecule has 1 aromatic carbocycles. The first-order valence-corrected chi connectivity index (χ1v) is 6.09. The Morgan fingerprint density at radius 2 is 1.81 bits per heavy atom. The molecular formula is C14H17NO6. The number of hydrogen-bond acceptors (Lipinski definition) is 5. The summed E-state index contributed by atoms with van der Waals surface area (Å²) < 4.78 is 10.1. The number of Topliss-reactive ketones (excluding diaryl/α,β-unsaturated/α-hetero) is 1. The summed E-state index contributed by atoms with van der Waals surface area (Å²) in [5, 5.41) is 11.1. The van der Waals surface area contributed by atoms with Crippen LogP contribution in [0.1, 0.15) is 31.1 Å². The van der Waals surface area contributed by atoms with Crippen molar-refractivity contribution in [2.45, 2.75) is 26.4 Å². The highest BCUT2D eigenvalue weighted by molar-refractivity contribution is 6.40. The number of aliphatic carboxylic acids is 1. The van der Waals surface area contributed by atoms with E-state index in [0.29, 0.717) is 0 Å². The summed E-state index contributed by atoms with van der Waals surface area (Å²) in [4.78, 5) is 33.7. The third-order valence-electron chi connectivity index (χ3n) is 2.29. The predicted molar refractivity (Wildman–Crippen MR) is 74.8 cm³/mol. The minimum absolute atomic E-state index is 0.0471. The molecule has 0 bridgehead atoms. The van der Waals surface area contributed by atoms with Gasteiger partial charge in [0.05, 0.1) is 12.8 Å². The van der Waals surface area contributed by atoms with Gasteiger partial charge in [0, 0.05) is 5.56 Å². The Hall–Kier alpha value is -2.57. The van der Waals surface area contributed by atoms with Crippen molar-refractivity contribution in [3.8, 4) is 5.75 Å². The van der Waals surface area contributed by atoms with Gasteiger partial charge in [-0.1, -0.05) is 0 Å². The average molecular weight is 295 g/mol. The van der Waals surface area contributed by atoms with Crippen LogP contribution in [-0.4, -0.2) is 35.7 Å². The van der Waals surface area contributed by atoms with Gasteiger partial charge in [-0.05, 0) is 39.0 Å². The Bertz CT molecular complexity index is 573. The largest absolute Gasteiger partial charge is 0.495 e. The fourth-order valence-electron chi connectivity index (χ4n) is 1.47. The molecule has 0 saturated heterocycles. The first-order chi connectivity index (χ1) is 9.64. The lowest BCUT2D eigenvalue weighted by molar-refractivity contribution is -0.131. The van der Waals surface area contributed by atoms with Gasteiger partial charge in [0.25, 0.3) is 5.78 Å². The fraction of sp³-hybridized carbons (Fsp3) is 0.357. The maximum absolute atomic E-state index is 11.7. The van der Waals surface area contributed by atoms with E-state index in [-0.39, 0.29) is 17.0 Å². The molecule has 0 heterocycles. The summed E-state index contributed by atoms with van der Waals surface area (Å²) in [5.41, 5.74) is -0.431. The van der Waals surface area contributed by atoms with Crippen molar-refractivity contribution >= 4 is 23.5 Å². The number of ketones is 1. The van der Waals surface area contributed by atoms with E-state index >= 15 is 0 Å². The number of methoxy groups -OCH3 is 1. The molecule has 0 unspecified atom stereocenters. The Kier molecular flexibility index (Phi) is 4.91. The average Bonchev–Trinajstić information content (AvgIpc) is 2.35.